The van der Waals surface area contributed by atoms with Crippen molar-refractivity contribution < 1.29 is 18.7 Å². The molecule has 1 amide bonds. The number of primary amides is 1. The van der Waals surface area contributed by atoms with Gasteiger partial charge < -0.3 is 15.8 Å². The molecule has 164 valence electrons. The quantitative estimate of drug-likeness (QED) is 0.552. The van der Waals surface area contributed by atoms with Crippen LogP contribution in [0.2, 0.25) is 0 Å². The predicted octanol–water partition coefficient (Wildman–Crippen LogP) is 3.08. The van der Waals surface area contributed by atoms with Crippen LogP contribution in [0.5, 0.6) is 0 Å². The summed E-state index contributed by atoms with van der Waals surface area (Å²) >= 11 is 0. The van der Waals surface area contributed by atoms with Crippen LogP contribution in [-0.2, 0) is 9.53 Å². The smallest absolute Gasteiger partial charge is 0.309 e. The zero-order chi connectivity index (χ0) is 22.8. The van der Waals surface area contributed by atoms with Crippen LogP contribution in [0.3, 0.4) is 0 Å². The van der Waals surface area contributed by atoms with Gasteiger partial charge in [0.05, 0.1) is 23.9 Å². The molecule has 10 heteroatoms. The lowest BCUT2D eigenvalue weighted by Crippen LogP contribution is -2.34. The zero-order valence-corrected chi connectivity index (χ0v) is 17.6. The minimum atomic E-state index is -0.709. The molecule has 2 heterocycles. The second kappa shape index (κ2) is 8.71. The van der Waals surface area contributed by atoms with E-state index in [1.54, 1.807) is 20.8 Å². The highest BCUT2D eigenvalue weighted by Crippen LogP contribution is 2.38. The number of nitriles is 1. The Morgan fingerprint density at radius 3 is 2.74 bits per heavy atom. The summed E-state index contributed by atoms with van der Waals surface area (Å²) < 4.78 is 20.4. The van der Waals surface area contributed by atoms with Crippen molar-refractivity contribution in [3.05, 3.63) is 36.0 Å². The number of amides is 1. The molecule has 0 spiro atoms. The van der Waals surface area contributed by atoms with E-state index in [9.17, 15) is 19.2 Å². The lowest BCUT2D eigenvalue weighted by Gasteiger charge is -2.33. The lowest BCUT2D eigenvalue weighted by molar-refractivity contribution is -0.161. The molecule has 2 aromatic heterocycles. The molecule has 3 N–H and O–H groups in total. The number of aromatic nitrogens is 3. The number of nitrogens with zero attached hydrogens (tertiary/aromatic N) is 4. The Labute approximate surface area is 179 Å². The fourth-order valence-electron chi connectivity index (χ4n) is 3.66. The molecule has 1 aliphatic carbocycles. The maximum Gasteiger partial charge on any atom is 0.309 e. The van der Waals surface area contributed by atoms with E-state index in [2.05, 4.69) is 21.5 Å². The van der Waals surface area contributed by atoms with Crippen molar-refractivity contribution in [2.45, 2.75) is 51.7 Å². The molecule has 0 aromatic carbocycles. The first-order valence-electron chi connectivity index (χ1n) is 9.97. The van der Waals surface area contributed by atoms with Gasteiger partial charge in [0.1, 0.15) is 11.2 Å². The van der Waals surface area contributed by atoms with Crippen LogP contribution in [0.1, 0.15) is 56.4 Å². The molecular weight excluding hydrogens is 403 g/mol. The molecule has 3 atom stereocenters. The Bertz CT molecular complexity index is 1020. The molecule has 1 fully saturated rings. The number of nitrogens with one attached hydrogen (secondary N) is 1. The van der Waals surface area contributed by atoms with Crippen LogP contribution in [0.25, 0.3) is 0 Å². The van der Waals surface area contributed by atoms with E-state index in [1.807, 2.05) is 0 Å². The molecule has 3 unspecified atom stereocenters. The first-order chi connectivity index (χ1) is 14.6. The van der Waals surface area contributed by atoms with E-state index >= 15 is 0 Å². The van der Waals surface area contributed by atoms with Gasteiger partial charge >= 0.3 is 5.97 Å². The molecule has 1 aliphatic rings. The molecule has 0 saturated heterocycles. The Kier molecular flexibility index (Phi) is 6.24. The van der Waals surface area contributed by atoms with Crippen molar-refractivity contribution in [1.29, 1.82) is 5.26 Å². The second-order valence-electron chi connectivity index (χ2n) is 8.57. The highest BCUT2D eigenvalue weighted by atomic mass is 19.1. The summed E-state index contributed by atoms with van der Waals surface area (Å²) in [5.41, 5.74) is 5.35. The predicted molar refractivity (Wildman–Crippen MR) is 110 cm³/mol. The normalized spacial score (nSPS) is 21.2. The summed E-state index contributed by atoms with van der Waals surface area (Å²) in [6.07, 6.45) is 4.13. The summed E-state index contributed by atoms with van der Waals surface area (Å²) in [4.78, 5) is 27.8. The van der Waals surface area contributed by atoms with Crippen LogP contribution < -0.4 is 11.1 Å². The molecule has 1 saturated carbocycles. The van der Waals surface area contributed by atoms with Gasteiger partial charge in [-0.05, 0) is 46.1 Å². The van der Waals surface area contributed by atoms with Crippen molar-refractivity contribution in [1.82, 2.24) is 14.8 Å². The van der Waals surface area contributed by atoms with Crippen molar-refractivity contribution in [3.63, 3.8) is 0 Å². The molecule has 0 aliphatic heterocycles. The summed E-state index contributed by atoms with van der Waals surface area (Å²) in [7, 11) is 0. The van der Waals surface area contributed by atoms with Gasteiger partial charge in [-0.25, -0.2) is 4.98 Å². The first kappa shape index (κ1) is 22.2. The number of ether oxygens (including phenoxy) is 1. The Balaban J connectivity index is 1.81. The number of hydrogen-bond donors (Lipinski definition) is 2. The number of nitrogens with two attached hydrogens (primary N) is 1. The van der Waals surface area contributed by atoms with Crippen LogP contribution in [-0.4, -0.2) is 32.2 Å². The molecule has 2 aromatic rings. The van der Waals surface area contributed by atoms with Crippen molar-refractivity contribution in [2.24, 2.45) is 17.6 Å². The minimum Gasteiger partial charge on any atom is -0.460 e. The van der Waals surface area contributed by atoms with Gasteiger partial charge in [-0.2, -0.15) is 14.8 Å². The van der Waals surface area contributed by atoms with Crippen molar-refractivity contribution in [3.8, 4) is 6.07 Å². The number of carbonyl (C=O) groups excluding carboxylic acids is 2. The van der Waals surface area contributed by atoms with Gasteiger partial charge in [0.2, 0.25) is 5.95 Å². The molecule has 0 bridgehead atoms. The minimum absolute atomic E-state index is 0.114. The number of esters is 1. The van der Waals surface area contributed by atoms with E-state index in [0.717, 1.165) is 6.07 Å². The topological polar surface area (TPSA) is 136 Å². The lowest BCUT2D eigenvalue weighted by atomic mass is 9.78. The highest BCUT2D eigenvalue weighted by Gasteiger charge is 2.38. The third-order valence-corrected chi connectivity index (χ3v) is 5.05. The average molecular weight is 428 g/mol. The van der Waals surface area contributed by atoms with Crippen LogP contribution in [0, 0.1) is 29.1 Å². The fourth-order valence-corrected chi connectivity index (χ4v) is 3.66. The second-order valence-corrected chi connectivity index (χ2v) is 8.57. The summed E-state index contributed by atoms with van der Waals surface area (Å²) in [5, 5.41) is 17.0. The third kappa shape index (κ3) is 5.36. The zero-order valence-electron chi connectivity index (χ0n) is 17.6. The molecule has 3 rings (SSSR count). The highest BCUT2D eigenvalue weighted by molar-refractivity contribution is 5.98. The van der Waals surface area contributed by atoms with Crippen LogP contribution in [0.4, 0.5) is 15.9 Å². The van der Waals surface area contributed by atoms with E-state index in [0.29, 0.717) is 24.9 Å². The standard InChI is InChI=1S/C21H25FN6O3/c1-21(2,3)31-20(30)12-4-5-16(13(8-12)10-23)28-11-15(18(24)29)19(27-28)26-14-6-7-25-17(22)9-14/h6-7,9,11-13,16H,4-5,8H2,1-3H3,(H2,24,29)(H,25,26,27). The van der Waals surface area contributed by atoms with Crippen molar-refractivity contribution in [2.75, 3.05) is 5.32 Å². The first-order valence-corrected chi connectivity index (χ1v) is 9.97. The number of halogens is 1. The van der Waals surface area contributed by atoms with Gasteiger partial charge in [0, 0.05) is 24.1 Å². The fraction of sp³-hybridized carbons (Fsp3) is 0.476. The van der Waals surface area contributed by atoms with E-state index in [-0.39, 0.29) is 29.3 Å². The summed E-state index contributed by atoms with van der Waals surface area (Å²) in [5.74, 6) is -2.42. The number of rotatable bonds is 5. The molecule has 0 radical (unpaired) electrons. The number of anilines is 2. The summed E-state index contributed by atoms with van der Waals surface area (Å²) in [6.45, 7) is 5.41. The van der Waals surface area contributed by atoms with Crippen LogP contribution in [0.15, 0.2) is 24.5 Å². The Morgan fingerprint density at radius 1 is 1.39 bits per heavy atom. The number of carbonyl (C=O) groups is 2. The molecule has 31 heavy (non-hydrogen) atoms. The van der Waals surface area contributed by atoms with Crippen LogP contribution >= 0.6 is 0 Å². The molecule has 9 nitrogen and oxygen atoms in total. The average Bonchev–Trinajstić information content (AvgIpc) is 3.10. The summed E-state index contributed by atoms with van der Waals surface area (Å²) in [6, 6.07) is 4.60. The maximum atomic E-state index is 13.4. The van der Waals surface area contributed by atoms with E-state index in [1.165, 1.54) is 23.1 Å². The Hall–Kier alpha value is -3.48. The van der Waals surface area contributed by atoms with Gasteiger partial charge in [-0.1, -0.05) is 0 Å². The van der Waals surface area contributed by atoms with E-state index in [4.69, 9.17) is 10.5 Å². The van der Waals surface area contributed by atoms with E-state index < -0.39 is 23.4 Å². The van der Waals surface area contributed by atoms with Gasteiger partial charge in [-0.3, -0.25) is 14.3 Å². The van der Waals surface area contributed by atoms with Gasteiger partial charge in [-0.15, -0.1) is 0 Å². The van der Waals surface area contributed by atoms with Gasteiger partial charge in [0.25, 0.3) is 5.91 Å². The SMILES string of the molecule is CC(C)(C)OC(=O)C1CCC(n2cc(C(N)=O)c(Nc3ccnc(F)c3)n2)C(C#N)C1. The van der Waals surface area contributed by atoms with Gasteiger partial charge in [0.15, 0.2) is 5.82 Å². The number of hydrogen-bond acceptors (Lipinski definition) is 7. The molecular formula is C21H25FN6O3. The third-order valence-electron chi connectivity index (χ3n) is 5.05. The Morgan fingerprint density at radius 2 is 2.13 bits per heavy atom. The maximum absolute atomic E-state index is 13.4. The number of pyridine rings is 1. The van der Waals surface area contributed by atoms with Crippen molar-refractivity contribution >= 4 is 23.4 Å². The monoisotopic (exact) mass is 428 g/mol. The largest absolute Gasteiger partial charge is 0.460 e.